The van der Waals surface area contributed by atoms with Crippen molar-refractivity contribution in [1.82, 2.24) is 9.55 Å². The Labute approximate surface area is 183 Å². The van der Waals surface area contributed by atoms with Gasteiger partial charge in [0.1, 0.15) is 4.70 Å². The molecule has 0 bridgehead atoms. The molecule has 30 heavy (non-hydrogen) atoms. The van der Waals surface area contributed by atoms with E-state index in [9.17, 15) is 9.59 Å². The Bertz CT molecular complexity index is 1230. The molecule has 0 N–H and O–H groups in total. The van der Waals surface area contributed by atoms with Crippen molar-refractivity contribution in [1.29, 1.82) is 0 Å². The molecule has 0 fully saturated rings. The second-order valence-corrected chi connectivity index (χ2v) is 8.71. The zero-order valence-electron chi connectivity index (χ0n) is 16.7. The molecular formula is C23H21N3O2S2. The number of carbonyl (C=O) groups is 1. The quantitative estimate of drug-likeness (QED) is 0.322. The van der Waals surface area contributed by atoms with Gasteiger partial charge in [-0.3, -0.25) is 14.2 Å². The van der Waals surface area contributed by atoms with Gasteiger partial charge in [-0.1, -0.05) is 60.3 Å². The van der Waals surface area contributed by atoms with E-state index in [2.05, 4.69) is 4.98 Å². The van der Waals surface area contributed by atoms with Crippen LogP contribution < -0.4 is 10.5 Å². The highest BCUT2D eigenvalue weighted by molar-refractivity contribution is 7.99. The van der Waals surface area contributed by atoms with E-state index in [-0.39, 0.29) is 17.2 Å². The molecule has 2 aromatic heterocycles. The van der Waals surface area contributed by atoms with Crippen LogP contribution in [0.2, 0.25) is 0 Å². The molecule has 0 aliphatic carbocycles. The van der Waals surface area contributed by atoms with Crippen LogP contribution in [0.3, 0.4) is 0 Å². The van der Waals surface area contributed by atoms with E-state index in [4.69, 9.17) is 0 Å². The van der Waals surface area contributed by atoms with Crippen molar-refractivity contribution < 1.29 is 4.79 Å². The average Bonchev–Trinajstić information content (AvgIpc) is 3.21. The van der Waals surface area contributed by atoms with Crippen molar-refractivity contribution >= 4 is 44.9 Å². The number of fused-ring (bicyclic) bond motifs is 1. The van der Waals surface area contributed by atoms with E-state index in [1.807, 2.05) is 73.7 Å². The second kappa shape index (κ2) is 8.85. The largest absolute Gasteiger partial charge is 0.312 e. The number of hydrogen-bond acceptors (Lipinski definition) is 5. The number of aromatic nitrogens is 2. The average molecular weight is 436 g/mol. The first-order chi connectivity index (χ1) is 14.6. The van der Waals surface area contributed by atoms with Gasteiger partial charge in [-0.2, -0.15) is 0 Å². The molecule has 1 amide bonds. The molecule has 7 heteroatoms. The summed E-state index contributed by atoms with van der Waals surface area (Å²) >= 11 is 2.74. The van der Waals surface area contributed by atoms with Gasteiger partial charge in [0.25, 0.3) is 5.56 Å². The van der Waals surface area contributed by atoms with E-state index >= 15 is 0 Å². The summed E-state index contributed by atoms with van der Waals surface area (Å²) in [5, 5.41) is 0.544. The van der Waals surface area contributed by atoms with Crippen molar-refractivity contribution in [2.45, 2.75) is 12.1 Å². The molecule has 0 aliphatic rings. The third-order valence-electron chi connectivity index (χ3n) is 4.78. The van der Waals surface area contributed by atoms with Crippen LogP contribution in [-0.2, 0) is 11.8 Å². The van der Waals surface area contributed by atoms with Crippen LogP contribution in [0.5, 0.6) is 0 Å². The van der Waals surface area contributed by atoms with Crippen molar-refractivity contribution in [3.63, 3.8) is 0 Å². The molecule has 4 aromatic rings. The second-order valence-electron chi connectivity index (χ2n) is 6.71. The lowest BCUT2D eigenvalue weighted by atomic mass is 10.2. The van der Waals surface area contributed by atoms with E-state index in [0.29, 0.717) is 21.9 Å². The van der Waals surface area contributed by atoms with Crippen LogP contribution in [0, 0.1) is 0 Å². The zero-order chi connectivity index (χ0) is 21.1. The summed E-state index contributed by atoms with van der Waals surface area (Å²) in [6.45, 7) is 2.53. The molecule has 0 saturated carbocycles. The third kappa shape index (κ3) is 4.04. The molecule has 5 nitrogen and oxygen atoms in total. The molecule has 0 aliphatic heterocycles. The highest BCUT2D eigenvalue weighted by Gasteiger charge is 2.17. The van der Waals surface area contributed by atoms with Gasteiger partial charge in [0, 0.05) is 24.2 Å². The normalized spacial score (nSPS) is 11.0. The Hall–Kier alpha value is -2.90. The smallest absolute Gasteiger partial charge is 0.271 e. The number of hydrogen-bond donors (Lipinski definition) is 0. The Balaban J connectivity index is 1.59. The van der Waals surface area contributed by atoms with Crippen LogP contribution >= 0.6 is 23.1 Å². The summed E-state index contributed by atoms with van der Waals surface area (Å²) in [7, 11) is 1.71. The third-order valence-corrected chi connectivity index (χ3v) is 6.96. The number of carbonyl (C=O) groups excluding carboxylic acids is 1. The number of para-hydroxylation sites is 1. The molecule has 0 atom stereocenters. The highest BCUT2D eigenvalue weighted by atomic mass is 32.2. The summed E-state index contributed by atoms with van der Waals surface area (Å²) in [6, 6.07) is 21.5. The van der Waals surface area contributed by atoms with E-state index in [1.54, 1.807) is 11.9 Å². The molecule has 0 spiro atoms. The number of benzene rings is 2. The molecule has 0 radical (unpaired) electrons. The summed E-state index contributed by atoms with van der Waals surface area (Å²) in [6.07, 6.45) is 0. The molecule has 0 saturated heterocycles. The number of anilines is 1. The van der Waals surface area contributed by atoms with Crippen molar-refractivity contribution in [3.05, 3.63) is 77.1 Å². The summed E-state index contributed by atoms with van der Waals surface area (Å²) in [5.74, 6) is 0.197. The maximum atomic E-state index is 12.9. The Morgan fingerprint density at radius 2 is 1.77 bits per heavy atom. The van der Waals surface area contributed by atoms with Crippen LogP contribution in [0.25, 0.3) is 20.7 Å². The minimum absolute atomic E-state index is 0.0154. The fourth-order valence-corrected chi connectivity index (χ4v) is 5.15. The topological polar surface area (TPSA) is 55.2 Å². The maximum absolute atomic E-state index is 12.9. The van der Waals surface area contributed by atoms with Crippen LogP contribution in [0.15, 0.2) is 76.7 Å². The molecule has 0 unspecified atom stereocenters. The minimum Gasteiger partial charge on any atom is -0.312 e. The van der Waals surface area contributed by atoms with Gasteiger partial charge in [0.2, 0.25) is 5.91 Å². The van der Waals surface area contributed by atoms with Gasteiger partial charge in [0.05, 0.1) is 11.3 Å². The maximum Gasteiger partial charge on any atom is 0.271 e. The Morgan fingerprint density at radius 3 is 2.43 bits per heavy atom. The van der Waals surface area contributed by atoms with E-state index in [0.717, 1.165) is 16.1 Å². The molecule has 2 heterocycles. The molecule has 2 aromatic carbocycles. The standard InChI is InChI=1S/C23H21N3O2S2/c1-3-26(17-12-8-5-9-13-17)20(27)15-29-23-24-18-14-19(16-10-6-4-7-11-16)30-21(18)22(28)25(23)2/h4-14H,3,15H2,1-2H3. The first-order valence-corrected chi connectivity index (χ1v) is 11.4. The van der Waals surface area contributed by atoms with E-state index in [1.165, 1.54) is 27.7 Å². The summed E-state index contributed by atoms with van der Waals surface area (Å²) < 4.78 is 2.16. The van der Waals surface area contributed by atoms with Gasteiger partial charge in [0.15, 0.2) is 5.16 Å². The van der Waals surface area contributed by atoms with Crippen LogP contribution in [0.4, 0.5) is 5.69 Å². The predicted molar refractivity (Wildman–Crippen MR) is 125 cm³/mol. The van der Waals surface area contributed by atoms with Gasteiger partial charge in [-0.05, 0) is 30.7 Å². The van der Waals surface area contributed by atoms with Gasteiger partial charge in [-0.25, -0.2) is 4.98 Å². The van der Waals surface area contributed by atoms with Crippen molar-refractivity contribution in [2.75, 3.05) is 17.2 Å². The first-order valence-electron chi connectivity index (χ1n) is 9.62. The lowest BCUT2D eigenvalue weighted by Crippen LogP contribution is -2.32. The van der Waals surface area contributed by atoms with Crippen molar-refractivity contribution in [2.24, 2.45) is 7.05 Å². The van der Waals surface area contributed by atoms with Gasteiger partial charge >= 0.3 is 0 Å². The van der Waals surface area contributed by atoms with Crippen LogP contribution in [0.1, 0.15) is 6.92 Å². The fraction of sp³-hybridized carbons (Fsp3) is 0.174. The fourth-order valence-electron chi connectivity index (χ4n) is 3.22. The lowest BCUT2D eigenvalue weighted by molar-refractivity contribution is -0.116. The number of thioether (sulfide) groups is 1. The number of nitrogens with zero attached hydrogens (tertiary/aromatic N) is 3. The van der Waals surface area contributed by atoms with Gasteiger partial charge in [-0.15, -0.1) is 11.3 Å². The summed E-state index contributed by atoms with van der Waals surface area (Å²) in [4.78, 5) is 33.1. The molecule has 152 valence electrons. The van der Waals surface area contributed by atoms with Crippen molar-refractivity contribution in [3.8, 4) is 10.4 Å². The minimum atomic E-state index is -0.0856. The number of rotatable bonds is 6. The van der Waals surface area contributed by atoms with Crippen LogP contribution in [-0.4, -0.2) is 27.8 Å². The first kappa shape index (κ1) is 20.4. The SMILES string of the molecule is CCN(C(=O)CSc1nc2cc(-c3ccccc3)sc2c(=O)n1C)c1ccccc1. The number of amides is 1. The lowest BCUT2D eigenvalue weighted by Gasteiger charge is -2.20. The Kier molecular flexibility index (Phi) is 6.01. The Morgan fingerprint density at radius 1 is 1.10 bits per heavy atom. The summed E-state index contributed by atoms with van der Waals surface area (Å²) in [5.41, 5.74) is 2.52. The number of thiophene rings is 1. The van der Waals surface area contributed by atoms with E-state index < -0.39 is 0 Å². The molecule has 4 rings (SSSR count). The predicted octanol–water partition coefficient (Wildman–Crippen LogP) is 4.81. The molecular weight excluding hydrogens is 414 g/mol. The monoisotopic (exact) mass is 435 g/mol. The van der Waals surface area contributed by atoms with Gasteiger partial charge < -0.3 is 4.90 Å². The zero-order valence-corrected chi connectivity index (χ0v) is 18.4. The highest BCUT2D eigenvalue weighted by Crippen LogP contribution is 2.31.